The van der Waals surface area contributed by atoms with Gasteiger partial charge in [0.05, 0.1) is 11.8 Å². The van der Waals surface area contributed by atoms with E-state index in [-0.39, 0.29) is 11.3 Å². The number of hydrogen-bond acceptors (Lipinski definition) is 5. The van der Waals surface area contributed by atoms with E-state index >= 15 is 0 Å². The lowest BCUT2D eigenvalue weighted by molar-refractivity contribution is 0.163. The van der Waals surface area contributed by atoms with Crippen LogP contribution in [0.15, 0.2) is 42.7 Å². The third kappa shape index (κ3) is 5.54. The summed E-state index contributed by atoms with van der Waals surface area (Å²) < 4.78 is 0. The maximum absolute atomic E-state index is 10.3. The summed E-state index contributed by atoms with van der Waals surface area (Å²) >= 11 is 0. The fourth-order valence-corrected chi connectivity index (χ4v) is 2.12. The predicted octanol–water partition coefficient (Wildman–Crippen LogP) is 2.82. The normalized spacial score (nSPS) is 12.9. The second-order valence-corrected chi connectivity index (χ2v) is 6.63. The number of phenols is 1. The van der Waals surface area contributed by atoms with E-state index in [4.69, 9.17) is 0 Å². The molecule has 1 aromatic carbocycles. The second kappa shape index (κ2) is 7.44. The van der Waals surface area contributed by atoms with Gasteiger partial charge in [0.2, 0.25) is 0 Å². The number of benzene rings is 1. The summed E-state index contributed by atoms with van der Waals surface area (Å²) in [4.78, 5) is 3.98. The number of nitrogens with zero attached hydrogens (tertiary/aromatic N) is 1. The standard InChI is InChI=1S/C18H25N3O2/c1-18(2,3)21-12-17(23)14-4-5-16(22)15(10-14)20-11-13-6-8-19-9-7-13/h4-10,17,20-23H,11-12H2,1-3H3. The molecule has 2 aromatic rings. The number of β-amino-alcohol motifs (C(OH)–C–C–N with tert-alkyl or cyclic N) is 1. The summed E-state index contributed by atoms with van der Waals surface area (Å²) in [5.41, 5.74) is 2.38. The molecule has 0 aliphatic carbocycles. The van der Waals surface area contributed by atoms with Crippen LogP contribution in [-0.4, -0.2) is 27.3 Å². The molecule has 0 aliphatic heterocycles. The van der Waals surface area contributed by atoms with Crippen LogP contribution >= 0.6 is 0 Å². The van der Waals surface area contributed by atoms with Crippen molar-refractivity contribution >= 4 is 5.69 Å². The quantitative estimate of drug-likeness (QED) is 0.617. The molecule has 0 spiro atoms. The summed E-state index contributed by atoms with van der Waals surface area (Å²) in [5.74, 6) is 0.166. The van der Waals surface area contributed by atoms with Crippen LogP contribution in [0.1, 0.15) is 38.0 Å². The number of nitrogens with one attached hydrogen (secondary N) is 2. The number of aromatic hydroxyl groups is 1. The zero-order valence-electron chi connectivity index (χ0n) is 13.9. The minimum atomic E-state index is -0.628. The number of anilines is 1. The lowest BCUT2D eigenvalue weighted by Gasteiger charge is -2.23. The fraction of sp³-hybridized carbons (Fsp3) is 0.389. The molecule has 1 heterocycles. The van der Waals surface area contributed by atoms with Crippen LogP contribution in [0.5, 0.6) is 5.75 Å². The molecule has 5 heteroatoms. The topological polar surface area (TPSA) is 77.4 Å². The van der Waals surface area contributed by atoms with Gasteiger partial charge < -0.3 is 20.8 Å². The van der Waals surface area contributed by atoms with Gasteiger partial charge in [0.1, 0.15) is 5.75 Å². The molecule has 1 atom stereocenters. The van der Waals surface area contributed by atoms with Crippen molar-refractivity contribution < 1.29 is 10.2 Å². The summed E-state index contributed by atoms with van der Waals surface area (Å²) in [5, 5.41) is 26.7. The molecule has 0 fully saturated rings. The van der Waals surface area contributed by atoms with Crippen LogP contribution in [-0.2, 0) is 6.54 Å². The number of hydrogen-bond donors (Lipinski definition) is 4. The lowest BCUT2D eigenvalue weighted by Crippen LogP contribution is -2.38. The number of rotatable bonds is 6. The first-order valence-electron chi connectivity index (χ1n) is 7.74. The molecule has 4 N–H and O–H groups in total. The molecular formula is C18H25N3O2. The van der Waals surface area contributed by atoms with Gasteiger partial charge >= 0.3 is 0 Å². The van der Waals surface area contributed by atoms with Gasteiger partial charge in [-0.05, 0) is 56.2 Å². The molecule has 23 heavy (non-hydrogen) atoms. The van der Waals surface area contributed by atoms with Crippen molar-refractivity contribution in [3.8, 4) is 5.75 Å². The van der Waals surface area contributed by atoms with Gasteiger partial charge in [0, 0.05) is 31.0 Å². The van der Waals surface area contributed by atoms with Gasteiger partial charge in [-0.25, -0.2) is 0 Å². The third-order valence-corrected chi connectivity index (χ3v) is 3.46. The molecule has 0 aliphatic rings. The average molecular weight is 315 g/mol. The van der Waals surface area contributed by atoms with Crippen molar-refractivity contribution in [2.75, 3.05) is 11.9 Å². The Morgan fingerprint density at radius 1 is 1.13 bits per heavy atom. The zero-order valence-corrected chi connectivity index (χ0v) is 13.9. The summed E-state index contributed by atoms with van der Waals surface area (Å²) in [6.07, 6.45) is 2.83. The summed E-state index contributed by atoms with van der Waals surface area (Å²) in [7, 11) is 0. The minimum Gasteiger partial charge on any atom is -0.506 e. The summed E-state index contributed by atoms with van der Waals surface area (Å²) in [6, 6.07) is 8.95. The predicted molar refractivity (Wildman–Crippen MR) is 92.4 cm³/mol. The van der Waals surface area contributed by atoms with Crippen molar-refractivity contribution in [3.05, 3.63) is 53.9 Å². The van der Waals surface area contributed by atoms with Gasteiger partial charge in [0.15, 0.2) is 0 Å². The highest BCUT2D eigenvalue weighted by Crippen LogP contribution is 2.27. The SMILES string of the molecule is CC(C)(C)NCC(O)c1ccc(O)c(NCc2ccncc2)c1. The van der Waals surface area contributed by atoms with E-state index < -0.39 is 6.10 Å². The van der Waals surface area contributed by atoms with Gasteiger partial charge in [-0.2, -0.15) is 0 Å². The van der Waals surface area contributed by atoms with Crippen LogP contribution in [0.2, 0.25) is 0 Å². The second-order valence-electron chi connectivity index (χ2n) is 6.63. The Bertz CT molecular complexity index is 624. The Morgan fingerprint density at radius 2 is 1.83 bits per heavy atom. The molecule has 0 bridgehead atoms. The van der Waals surface area contributed by atoms with Crippen LogP contribution in [0.25, 0.3) is 0 Å². The van der Waals surface area contributed by atoms with E-state index in [1.165, 1.54) is 0 Å². The first kappa shape index (κ1) is 17.2. The van der Waals surface area contributed by atoms with Gasteiger partial charge in [0.25, 0.3) is 0 Å². The first-order chi connectivity index (χ1) is 10.8. The average Bonchev–Trinajstić information content (AvgIpc) is 2.52. The van der Waals surface area contributed by atoms with E-state index in [0.29, 0.717) is 18.8 Å². The van der Waals surface area contributed by atoms with Crippen LogP contribution in [0, 0.1) is 0 Å². The van der Waals surface area contributed by atoms with Crippen LogP contribution < -0.4 is 10.6 Å². The molecule has 0 saturated carbocycles. The van der Waals surface area contributed by atoms with Crippen molar-refractivity contribution in [1.29, 1.82) is 0 Å². The smallest absolute Gasteiger partial charge is 0.138 e. The molecular weight excluding hydrogens is 290 g/mol. The number of pyridine rings is 1. The monoisotopic (exact) mass is 315 g/mol. The van der Waals surface area contributed by atoms with E-state index in [0.717, 1.165) is 11.1 Å². The molecule has 2 rings (SSSR count). The van der Waals surface area contributed by atoms with E-state index in [1.54, 1.807) is 30.6 Å². The number of phenolic OH excluding ortho intramolecular Hbond substituents is 1. The summed E-state index contributed by atoms with van der Waals surface area (Å²) in [6.45, 7) is 7.20. The maximum Gasteiger partial charge on any atom is 0.138 e. The van der Waals surface area contributed by atoms with Gasteiger partial charge in [-0.1, -0.05) is 6.07 Å². The van der Waals surface area contributed by atoms with Gasteiger partial charge in [-0.15, -0.1) is 0 Å². The highest BCUT2D eigenvalue weighted by Gasteiger charge is 2.14. The number of aliphatic hydroxyl groups excluding tert-OH is 1. The van der Waals surface area contributed by atoms with E-state index in [1.807, 2.05) is 12.1 Å². The molecule has 0 amide bonds. The van der Waals surface area contributed by atoms with Crippen molar-refractivity contribution in [2.45, 2.75) is 39.0 Å². The molecule has 5 nitrogen and oxygen atoms in total. The van der Waals surface area contributed by atoms with Crippen molar-refractivity contribution in [1.82, 2.24) is 10.3 Å². The fourth-order valence-electron chi connectivity index (χ4n) is 2.12. The zero-order chi connectivity index (χ0) is 16.9. The minimum absolute atomic E-state index is 0.0552. The first-order valence-corrected chi connectivity index (χ1v) is 7.74. The molecule has 1 unspecified atom stereocenters. The van der Waals surface area contributed by atoms with Crippen LogP contribution in [0.3, 0.4) is 0 Å². The highest BCUT2D eigenvalue weighted by atomic mass is 16.3. The Kier molecular flexibility index (Phi) is 5.58. The number of aromatic nitrogens is 1. The maximum atomic E-state index is 10.3. The highest BCUT2D eigenvalue weighted by molar-refractivity contribution is 5.57. The third-order valence-electron chi connectivity index (χ3n) is 3.46. The van der Waals surface area contributed by atoms with Gasteiger partial charge in [-0.3, -0.25) is 4.98 Å². The Morgan fingerprint density at radius 3 is 2.48 bits per heavy atom. The lowest BCUT2D eigenvalue weighted by atomic mass is 10.1. The van der Waals surface area contributed by atoms with E-state index in [9.17, 15) is 10.2 Å². The molecule has 1 aromatic heterocycles. The Labute approximate surface area is 137 Å². The van der Waals surface area contributed by atoms with Crippen molar-refractivity contribution in [2.24, 2.45) is 0 Å². The molecule has 124 valence electrons. The molecule has 0 radical (unpaired) electrons. The van der Waals surface area contributed by atoms with Crippen LogP contribution in [0.4, 0.5) is 5.69 Å². The molecule has 0 saturated heterocycles. The number of aliphatic hydroxyl groups is 1. The largest absolute Gasteiger partial charge is 0.506 e. The van der Waals surface area contributed by atoms with Crippen molar-refractivity contribution in [3.63, 3.8) is 0 Å². The Hall–Kier alpha value is -2.11. The van der Waals surface area contributed by atoms with E-state index in [2.05, 4.69) is 36.4 Å². The Balaban J connectivity index is 2.03.